The lowest BCUT2D eigenvalue weighted by Gasteiger charge is -2.15. The van der Waals surface area contributed by atoms with Crippen molar-refractivity contribution in [2.24, 2.45) is 0 Å². The molecule has 3 aromatic rings. The Labute approximate surface area is 123 Å². The number of anilines is 2. The number of aliphatic hydroxyl groups is 1. The number of aliphatic hydroxyl groups excluding tert-OH is 1. The van der Waals surface area contributed by atoms with Gasteiger partial charge < -0.3 is 16.2 Å². The van der Waals surface area contributed by atoms with Crippen LogP contribution in [0.5, 0.6) is 0 Å². The summed E-state index contributed by atoms with van der Waals surface area (Å²) in [7, 11) is 0. The Morgan fingerprint density at radius 2 is 1.86 bits per heavy atom. The predicted molar refractivity (Wildman–Crippen MR) is 86.0 cm³/mol. The predicted octanol–water partition coefficient (Wildman–Crippen LogP) is 2.96. The smallest absolute Gasteiger partial charge is 0.0962 e. The van der Waals surface area contributed by atoms with Gasteiger partial charge in [-0.15, -0.1) is 0 Å². The highest BCUT2D eigenvalue weighted by Gasteiger charge is 2.09. The minimum absolute atomic E-state index is 0.428. The van der Waals surface area contributed by atoms with Crippen molar-refractivity contribution < 1.29 is 5.11 Å². The number of hydrogen-bond donors (Lipinski definition) is 3. The lowest BCUT2D eigenvalue weighted by atomic mass is 10.1. The molecule has 0 saturated carbocycles. The standard InChI is InChI=1S/C17H17N3O/c18-14-8-9-15(13-7-4-10-19-17(13)14)20-11-16(21)12-5-2-1-3-6-12/h1-10,16,20-21H,11,18H2. The van der Waals surface area contributed by atoms with E-state index in [9.17, 15) is 5.11 Å². The van der Waals surface area contributed by atoms with Gasteiger partial charge in [-0.25, -0.2) is 0 Å². The van der Waals surface area contributed by atoms with E-state index >= 15 is 0 Å². The van der Waals surface area contributed by atoms with Gasteiger partial charge in [0.15, 0.2) is 0 Å². The van der Waals surface area contributed by atoms with Gasteiger partial charge in [0.05, 0.1) is 17.3 Å². The van der Waals surface area contributed by atoms with Crippen LogP contribution in [-0.2, 0) is 0 Å². The Hall–Kier alpha value is -2.59. The average molecular weight is 279 g/mol. The second-order valence-electron chi connectivity index (χ2n) is 4.91. The van der Waals surface area contributed by atoms with Crippen LogP contribution in [0, 0.1) is 0 Å². The number of pyridine rings is 1. The SMILES string of the molecule is Nc1ccc(NCC(O)c2ccccc2)c2cccnc12. The van der Waals surface area contributed by atoms with E-state index in [1.165, 1.54) is 0 Å². The summed E-state index contributed by atoms with van der Waals surface area (Å²) in [6, 6.07) is 17.2. The number of nitrogen functional groups attached to an aromatic ring is 1. The first-order valence-corrected chi connectivity index (χ1v) is 6.86. The number of rotatable bonds is 4. The normalized spacial score (nSPS) is 12.2. The maximum atomic E-state index is 10.2. The third-order valence-corrected chi connectivity index (χ3v) is 3.47. The van der Waals surface area contributed by atoms with Gasteiger partial charge in [0.25, 0.3) is 0 Å². The van der Waals surface area contributed by atoms with Crippen molar-refractivity contribution in [1.82, 2.24) is 4.98 Å². The molecule has 4 N–H and O–H groups in total. The number of nitrogens with one attached hydrogen (secondary N) is 1. The summed E-state index contributed by atoms with van der Waals surface area (Å²) in [5.74, 6) is 0. The average Bonchev–Trinajstić information content (AvgIpc) is 2.55. The van der Waals surface area contributed by atoms with Crippen molar-refractivity contribution in [1.29, 1.82) is 0 Å². The first-order valence-electron chi connectivity index (χ1n) is 6.86. The van der Waals surface area contributed by atoms with Crippen LogP contribution in [0.1, 0.15) is 11.7 Å². The molecule has 2 aromatic carbocycles. The number of aromatic nitrogens is 1. The van der Waals surface area contributed by atoms with Crippen LogP contribution in [0.4, 0.5) is 11.4 Å². The van der Waals surface area contributed by atoms with E-state index in [0.717, 1.165) is 22.2 Å². The van der Waals surface area contributed by atoms with Crippen LogP contribution in [0.2, 0.25) is 0 Å². The van der Waals surface area contributed by atoms with Crippen LogP contribution >= 0.6 is 0 Å². The van der Waals surface area contributed by atoms with E-state index < -0.39 is 6.10 Å². The van der Waals surface area contributed by atoms with Crippen LogP contribution in [0.15, 0.2) is 60.8 Å². The van der Waals surface area contributed by atoms with E-state index in [1.54, 1.807) is 6.20 Å². The Kier molecular flexibility index (Phi) is 3.71. The highest BCUT2D eigenvalue weighted by atomic mass is 16.3. The van der Waals surface area contributed by atoms with Crippen molar-refractivity contribution in [3.05, 3.63) is 66.4 Å². The molecule has 3 rings (SSSR count). The second kappa shape index (κ2) is 5.81. The summed E-state index contributed by atoms with van der Waals surface area (Å²) in [5.41, 5.74) is 9.17. The Morgan fingerprint density at radius 3 is 2.67 bits per heavy atom. The molecule has 1 atom stereocenters. The molecule has 0 radical (unpaired) electrons. The number of fused-ring (bicyclic) bond motifs is 1. The van der Waals surface area contributed by atoms with Crippen molar-refractivity contribution in [3.63, 3.8) is 0 Å². The van der Waals surface area contributed by atoms with Crippen LogP contribution < -0.4 is 11.1 Å². The van der Waals surface area contributed by atoms with Crippen molar-refractivity contribution >= 4 is 22.3 Å². The molecule has 21 heavy (non-hydrogen) atoms. The molecule has 0 bridgehead atoms. The molecule has 1 heterocycles. The molecule has 106 valence electrons. The minimum atomic E-state index is -0.560. The first-order chi connectivity index (χ1) is 10.3. The molecule has 0 aliphatic rings. The van der Waals surface area contributed by atoms with Gasteiger partial charge in [0.1, 0.15) is 0 Å². The number of hydrogen-bond acceptors (Lipinski definition) is 4. The molecule has 0 saturated heterocycles. The fourth-order valence-corrected chi connectivity index (χ4v) is 2.35. The summed E-state index contributed by atoms with van der Waals surface area (Å²) in [4.78, 5) is 4.30. The van der Waals surface area contributed by atoms with Gasteiger partial charge >= 0.3 is 0 Å². The summed E-state index contributed by atoms with van der Waals surface area (Å²) in [5, 5.41) is 14.4. The topological polar surface area (TPSA) is 71.2 Å². The zero-order valence-corrected chi connectivity index (χ0v) is 11.5. The monoisotopic (exact) mass is 279 g/mol. The highest BCUT2D eigenvalue weighted by Crippen LogP contribution is 2.27. The summed E-state index contributed by atoms with van der Waals surface area (Å²) in [6.45, 7) is 0.428. The van der Waals surface area contributed by atoms with E-state index in [2.05, 4.69) is 10.3 Å². The maximum absolute atomic E-state index is 10.2. The van der Waals surface area contributed by atoms with E-state index in [0.29, 0.717) is 12.2 Å². The molecule has 0 spiro atoms. The zero-order chi connectivity index (χ0) is 14.7. The van der Waals surface area contributed by atoms with Gasteiger partial charge in [-0.3, -0.25) is 4.98 Å². The number of nitrogens with zero attached hydrogens (tertiary/aromatic N) is 1. The number of nitrogens with two attached hydrogens (primary N) is 1. The molecule has 1 unspecified atom stereocenters. The van der Waals surface area contributed by atoms with Gasteiger partial charge in [0.2, 0.25) is 0 Å². The summed E-state index contributed by atoms with van der Waals surface area (Å²) >= 11 is 0. The quantitative estimate of drug-likeness (QED) is 0.642. The van der Waals surface area contributed by atoms with Crippen LogP contribution in [-0.4, -0.2) is 16.6 Å². The molecule has 0 amide bonds. The molecule has 0 aliphatic heterocycles. The largest absolute Gasteiger partial charge is 0.397 e. The van der Waals surface area contributed by atoms with E-state index in [1.807, 2.05) is 54.6 Å². The van der Waals surface area contributed by atoms with Gasteiger partial charge in [-0.05, 0) is 29.8 Å². The molecular formula is C17H17N3O. The lowest BCUT2D eigenvalue weighted by Crippen LogP contribution is -2.12. The minimum Gasteiger partial charge on any atom is -0.397 e. The maximum Gasteiger partial charge on any atom is 0.0962 e. The van der Waals surface area contributed by atoms with Crippen molar-refractivity contribution in [2.75, 3.05) is 17.6 Å². The van der Waals surface area contributed by atoms with Crippen molar-refractivity contribution in [3.8, 4) is 0 Å². The molecule has 0 aliphatic carbocycles. The zero-order valence-electron chi connectivity index (χ0n) is 11.5. The third kappa shape index (κ3) is 2.80. The highest BCUT2D eigenvalue weighted by molar-refractivity contribution is 5.98. The summed E-state index contributed by atoms with van der Waals surface area (Å²) in [6.07, 6.45) is 1.16. The van der Waals surface area contributed by atoms with Gasteiger partial charge in [0, 0.05) is 23.8 Å². The molecule has 4 nitrogen and oxygen atoms in total. The molecule has 1 aromatic heterocycles. The van der Waals surface area contributed by atoms with E-state index in [4.69, 9.17) is 5.73 Å². The van der Waals surface area contributed by atoms with Crippen molar-refractivity contribution in [2.45, 2.75) is 6.10 Å². The Bertz CT molecular complexity index is 743. The Morgan fingerprint density at radius 1 is 1.05 bits per heavy atom. The molecule has 0 fully saturated rings. The number of benzene rings is 2. The summed E-state index contributed by atoms with van der Waals surface area (Å²) < 4.78 is 0. The first kappa shape index (κ1) is 13.4. The van der Waals surface area contributed by atoms with Crippen LogP contribution in [0.3, 0.4) is 0 Å². The Balaban J connectivity index is 1.81. The van der Waals surface area contributed by atoms with Crippen LogP contribution in [0.25, 0.3) is 10.9 Å². The third-order valence-electron chi connectivity index (χ3n) is 3.47. The fraction of sp³-hybridized carbons (Fsp3) is 0.118. The fourth-order valence-electron chi connectivity index (χ4n) is 2.35. The lowest BCUT2D eigenvalue weighted by molar-refractivity contribution is 0.191. The molecular weight excluding hydrogens is 262 g/mol. The van der Waals surface area contributed by atoms with Gasteiger partial charge in [-0.2, -0.15) is 0 Å². The molecule has 4 heteroatoms. The van der Waals surface area contributed by atoms with E-state index in [-0.39, 0.29) is 0 Å². The van der Waals surface area contributed by atoms with Gasteiger partial charge in [-0.1, -0.05) is 30.3 Å². The second-order valence-corrected chi connectivity index (χ2v) is 4.91.